The number of halogens is 2. The van der Waals surface area contributed by atoms with Gasteiger partial charge in [-0.25, -0.2) is 4.39 Å². The maximum atomic E-state index is 13.8. The van der Waals surface area contributed by atoms with Gasteiger partial charge in [0.1, 0.15) is 17.7 Å². The van der Waals surface area contributed by atoms with E-state index < -0.39 is 0 Å². The molecule has 0 amide bonds. The van der Waals surface area contributed by atoms with Crippen molar-refractivity contribution in [1.29, 1.82) is 0 Å². The van der Waals surface area contributed by atoms with E-state index >= 15 is 0 Å². The van der Waals surface area contributed by atoms with Crippen molar-refractivity contribution in [3.05, 3.63) is 71.8 Å². The summed E-state index contributed by atoms with van der Waals surface area (Å²) in [5.41, 5.74) is 2.01. The molecule has 0 spiro atoms. The Morgan fingerprint density at radius 1 is 1.18 bits per heavy atom. The van der Waals surface area contributed by atoms with Crippen LogP contribution in [0.4, 0.5) is 4.39 Å². The molecule has 0 atom stereocenters. The van der Waals surface area contributed by atoms with E-state index in [-0.39, 0.29) is 30.2 Å². The summed E-state index contributed by atoms with van der Waals surface area (Å²) in [5, 5.41) is 6.04. The maximum Gasteiger partial charge on any atom is 0.126 e. The minimum atomic E-state index is -0.157. The lowest BCUT2D eigenvalue weighted by Gasteiger charge is -2.36. The number of nitrogens with zero attached hydrogens (tertiary/aromatic N) is 1. The van der Waals surface area contributed by atoms with E-state index in [0.29, 0.717) is 11.6 Å². The summed E-state index contributed by atoms with van der Waals surface area (Å²) in [6.07, 6.45) is 5.89. The third-order valence-corrected chi connectivity index (χ3v) is 5.34. The molecule has 0 radical (unpaired) electrons. The van der Waals surface area contributed by atoms with E-state index in [1.54, 1.807) is 6.07 Å². The standard InChI is InChI=1S/C23H25FN2O.ClH/c1-15(2)22-12-19(6-7-23(22)24)27-20-10-18(11-20)26-14-17-5-3-4-16-13-25-9-8-21(16)17;/h3-9,12-13,15,18,20,26H,10-11,14H2,1-2H3;1H. The molecule has 1 aliphatic rings. The van der Waals surface area contributed by atoms with Crippen molar-refractivity contribution in [2.24, 2.45) is 0 Å². The molecule has 0 aliphatic heterocycles. The largest absolute Gasteiger partial charge is 0.490 e. The Morgan fingerprint density at radius 3 is 2.79 bits per heavy atom. The Balaban J connectivity index is 0.00000225. The van der Waals surface area contributed by atoms with Crippen molar-refractivity contribution in [1.82, 2.24) is 10.3 Å². The minimum Gasteiger partial charge on any atom is -0.490 e. The molecule has 5 heteroatoms. The Hall–Kier alpha value is -2.17. The summed E-state index contributed by atoms with van der Waals surface area (Å²) in [5.74, 6) is 0.765. The third-order valence-electron chi connectivity index (χ3n) is 5.34. The minimum absolute atomic E-state index is 0. The summed E-state index contributed by atoms with van der Waals surface area (Å²) < 4.78 is 19.9. The molecule has 1 aliphatic carbocycles. The van der Waals surface area contributed by atoms with Gasteiger partial charge >= 0.3 is 0 Å². The number of aromatic nitrogens is 1. The van der Waals surface area contributed by atoms with Crippen LogP contribution in [0.3, 0.4) is 0 Å². The van der Waals surface area contributed by atoms with E-state index in [0.717, 1.165) is 25.1 Å². The van der Waals surface area contributed by atoms with Crippen molar-refractivity contribution in [3.8, 4) is 5.75 Å². The molecule has 1 saturated carbocycles. The number of hydrogen-bond acceptors (Lipinski definition) is 3. The predicted octanol–water partition coefficient (Wildman–Crippen LogP) is 5.62. The molecule has 1 aromatic heterocycles. The van der Waals surface area contributed by atoms with Crippen LogP contribution in [-0.2, 0) is 6.54 Å². The van der Waals surface area contributed by atoms with Crippen LogP contribution in [-0.4, -0.2) is 17.1 Å². The van der Waals surface area contributed by atoms with Crippen molar-refractivity contribution in [2.45, 2.75) is 51.3 Å². The van der Waals surface area contributed by atoms with E-state index in [1.165, 1.54) is 22.4 Å². The molecule has 0 unspecified atom stereocenters. The molecule has 0 bridgehead atoms. The topological polar surface area (TPSA) is 34.1 Å². The fourth-order valence-electron chi connectivity index (χ4n) is 3.66. The first-order valence-electron chi connectivity index (χ1n) is 9.61. The highest BCUT2D eigenvalue weighted by Crippen LogP contribution is 2.29. The van der Waals surface area contributed by atoms with Crippen LogP contribution in [0.25, 0.3) is 10.8 Å². The van der Waals surface area contributed by atoms with E-state index in [1.807, 2.05) is 32.3 Å². The van der Waals surface area contributed by atoms with Gasteiger partial charge in [0.25, 0.3) is 0 Å². The van der Waals surface area contributed by atoms with Gasteiger partial charge in [-0.2, -0.15) is 0 Å². The zero-order valence-corrected chi connectivity index (χ0v) is 17.0. The van der Waals surface area contributed by atoms with E-state index in [4.69, 9.17) is 4.74 Å². The van der Waals surface area contributed by atoms with Crippen LogP contribution in [0.1, 0.15) is 43.7 Å². The lowest BCUT2D eigenvalue weighted by atomic mass is 9.89. The second-order valence-corrected chi connectivity index (χ2v) is 7.64. The SMILES string of the molecule is CC(C)c1cc(OC2CC(NCc3cccc4cnccc34)C2)ccc1F.Cl. The van der Waals surface area contributed by atoms with Crippen LogP contribution in [0.2, 0.25) is 0 Å². The Morgan fingerprint density at radius 2 is 2.00 bits per heavy atom. The van der Waals surface area contributed by atoms with Gasteiger partial charge in [0.2, 0.25) is 0 Å². The molecule has 1 fully saturated rings. The zero-order chi connectivity index (χ0) is 18.8. The van der Waals surface area contributed by atoms with Crippen LogP contribution in [0.15, 0.2) is 54.9 Å². The number of pyridine rings is 1. The lowest BCUT2D eigenvalue weighted by molar-refractivity contribution is 0.0842. The molecule has 1 heterocycles. The van der Waals surface area contributed by atoms with Crippen molar-refractivity contribution in [2.75, 3.05) is 0 Å². The molecular formula is C23H26ClFN2O. The summed E-state index contributed by atoms with van der Waals surface area (Å²) in [4.78, 5) is 4.19. The second-order valence-electron chi connectivity index (χ2n) is 7.64. The third kappa shape index (κ3) is 4.45. The molecule has 3 nitrogen and oxygen atoms in total. The Kier molecular flexibility index (Phi) is 6.53. The van der Waals surface area contributed by atoms with Crippen molar-refractivity contribution in [3.63, 3.8) is 0 Å². The van der Waals surface area contributed by atoms with Gasteiger partial charge in [-0.3, -0.25) is 4.98 Å². The van der Waals surface area contributed by atoms with E-state index in [2.05, 4.69) is 34.6 Å². The number of hydrogen-bond donors (Lipinski definition) is 1. The van der Waals surface area contributed by atoms with Crippen LogP contribution < -0.4 is 10.1 Å². The number of benzene rings is 2. The van der Waals surface area contributed by atoms with Gasteiger partial charge in [-0.05, 0) is 59.5 Å². The molecule has 0 saturated heterocycles. The monoisotopic (exact) mass is 400 g/mol. The number of rotatable bonds is 6. The zero-order valence-electron chi connectivity index (χ0n) is 16.2. The van der Waals surface area contributed by atoms with Gasteiger partial charge in [0, 0.05) is 30.4 Å². The smallest absolute Gasteiger partial charge is 0.126 e. The van der Waals surface area contributed by atoms with Gasteiger partial charge in [0.15, 0.2) is 0 Å². The summed E-state index contributed by atoms with van der Waals surface area (Å²) in [7, 11) is 0. The first-order chi connectivity index (χ1) is 13.1. The molecule has 4 rings (SSSR count). The van der Waals surface area contributed by atoms with Gasteiger partial charge in [-0.15, -0.1) is 12.4 Å². The fourth-order valence-corrected chi connectivity index (χ4v) is 3.66. The Labute approximate surface area is 171 Å². The highest BCUT2D eigenvalue weighted by atomic mass is 35.5. The lowest BCUT2D eigenvalue weighted by Crippen LogP contribution is -2.46. The fraction of sp³-hybridized carbons (Fsp3) is 0.348. The highest BCUT2D eigenvalue weighted by Gasteiger charge is 2.30. The second kappa shape index (κ2) is 8.89. The molecule has 3 aromatic rings. The van der Waals surface area contributed by atoms with Gasteiger partial charge < -0.3 is 10.1 Å². The van der Waals surface area contributed by atoms with Gasteiger partial charge in [0.05, 0.1) is 0 Å². The predicted molar refractivity (Wildman–Crippen MR) is 114 cm³/mol. The Bertz CT molecular complexity index is 936. The summed E-state index contributed by atoms with van der Waals surface area (Å²) in [6, 6.07) is 13.9. The maximum absolute atomic E-state index is 13.8. The molecule has 1 N–H and O–H groups in total. The average Bonchev–Trinajstić information content (AvgIpc) is 2.64. The number of nitrogens with one attached hydrogen (secondary N) is 1. The highest BCUT2D eigenvalue weighted by molar-refractivity contribution is 5.85. The van der Waals surface area contributed by atoms with Crippen molar-refractivity contribution < 1.29 is 9.13 Å². The van der Waals surface area contributed by atoms with Crippen LogP contribution in [0.5, 0.6) is 5.75 Å². The molecule has 148 valence electrons. The quantitative estimate of drug-likeness (QED) is 0.583. The molecule has 2 aromatic carbocycles. The number of ether oxygens (including phenoxy) is 1. The van der Waals surface area contributed by atoms with Crippen LogP contribution >= 0.6 is 12.4 Å². The molecule has 28 heavy (non-hydrogen) atoms. The normalized spacial score (nSPS) is 18.6. The average molecular weight is 401 g/mol. The van der Waals surface area contributed by atoms with Crippen molar-refractivity contribution >= 4 is 23.2 Å². The summed E-state index contributed by atoms with van der Waals surface area (Å²) in [6.45, 7) is 4.83. The number of fused-ring (bicyclic) bond motifs is 1. The first kappa shape index (κ1) is 20.6. The summed E-state index contributed by atoms with van der Waals surface area (Å²) >= 11 is 0. The molecular weight excluding hydrogens is 375 g/mol. The van der Waals surface area contributed by atoms with Gasteiger partial charge in [-0.1, -0.05) is 32.0 Å². The first-order valence-corrected chi connectivity index (χ1v) is 9.61. The van der Waals surface area contributed by atoms with E-state index in [9.17, 15) is 4.39 Å². The van der Waals surface area contributed by atoms with Crippen LogP contribution in [0, 0.1) is 5.82 Å².